The largest absolute Gasteiger partial charge is 1.00 e. The molecule has 6 nitrogen and oxygen atoms in total. The Labute approximate surface area is 393 Å². The maximum Gasteiger partial charge on any atom is 1.00 e. The number of hydrogen-bond donors (Lipinski definition) is 1. The molecule has 0 saturated heterocycles. The maximum atomic E-state index is 12.8. The summed E-state index contributed by atoms with van der Waals surface area (Å²) in [7, 11) is 0. The molecule has 7 heteroatoms. The average Bonchev–Trinajstić information content (AvgIpc) is 3.22. The van der Waals surface area contributed by atoms with Gasteiger partial charge in [-0.2, -0.15) is 0 Å². The molecule has 0 heterocycles. The Morgan fingerprint density at radius 1 is 0.390 bits per heavy atom. The number of hydrogen-bond acceptors (Lipinski definition) is 6. The van der Waals surface area contributed by atoms with E-state index in [-0.39, 0.29) is 67.8 Å². The second-order valence-electron chi connectivity index (χ2n) is 18.5. The minimum atomic E-state index is -0.346. The van der Waals surface area contributed by atoms with Gasteiger partial charge in [0.2, 0.25) is 0 Å². The average molecular weight is 845 g/mol. The van der Waals surface area contributed by atoms with E-state index in [1.165, 1.54) is 231 Å². The van der Waals surface area contributed by atoms with E-state index in [2.05, 4.69) is 13.8 Å². The number of nitrogens with zero attached hydrogens (tertiary/aromatic N) is 1. The van der Waals surface area contributed by atoms with E-state index < -0.39 is 0 Å². The first-order valence-electron chi connectivity index (χ1n) is 26.4. The first kappa shape index (κ1) is 60.9. The molecule has 0 fully saturated rings. The van der Waals surface area contributed by atoms with Crippen LogP contribution in [0.25, 0.3) is 0 Å². The van der Waals surface area contributed by atoms with Crippen molar-refractivity contribution in [1.29, 1.82) is 0 Å². The van der Waals surface area contributed by atoms with Gasteiger partial charge in [0.25, 0.3) is 0 Å². The molecule has 0 saturated carbocycles. The van der Waals surface area contributed by atoms with Crippen LogP contribution in [0.3, 0.4) is 0 Å². The predicted molar refractivity (Wildman–Crippen MR) is 253 cm³/mol. The van der Waals surface area contributed by atoms with Crippen LogP contribution in [0.2, 0.25) is 0 Å². The SMILES string of the molecule is CCCCCCCCCCCCCCCCCCCCCCC(C)C(=O)ON(CCN)OC(=O)C(C)CCCCCCCCCCCCCCCCCCCCCC.[H-].[Na+]. The van der Waals surface area contributed by atoms with Gasteiger partial charge in [-0.3, -0.25) is 0 Å². The van der Waals surface area contributed by atoms with E-state index >= 15 is 0 Å². The summed E-state index contributed by atoms with van der Waals surface area (Å²) in [5.41, 5.74) is 5.74. The van der Waals surface area contributed by atoms with Crippen molar-refractivity contribution in [2.75, 3.05) is 13.1 Å². The smallest absolute Gasteiger partial charge is 1.00 e. The summed E-state index contributed by atoms with van der Waals surface area (Å²) < 4.78 is 0. The van der Waals surface area contributed by atoms with E-state index in [0.29, 0.717) is 0 Å². The number of carbonyl (C=O) groups excluding carboxylic acids is 2. The van der Waals surface area contributed by atoms with Crippen molar-refractivity contribution in [2.24, 2.45) is 17.6 Å². The molecule has 0 aromatic carbocycles. The molecule has 0 rings (SSSR count). The molecule has 2 unspecified atom stereocenters. The van der Waals surface area contributed by atoms with Crippen LogP contribution in [0.1, 0.15) is 299 Å². The second kappa shape index (κ2) is 50.5. The van der Waals surface area contributed by atoms with Gasteiger partial charge in [-0.05, 0) is 12.8 Å². The van der Waals surface area contributed by atoms with Crippen LogP contribution in [0.5, 0.6) is 0 Å². The Bertz CT molecular complexity index is 789. The van der Waals surface area contributed by atoms with Crippen LogP contribution in [0, 0.1) is 11.8 Å². The van der Waals surface area contributed by atoms with Crippen molar-refractivity contribution < 1.29 is 50.2 Å². The molecule has 0 spiro atoms. The number of nitrogens with two attached hydrogens (primary N) is 1. The van der Waals surface area contributed by atoms with E-state index in [4.69, 9.17) is 15.4 Å². The summed E-state index contributed by atoms with van der Waals surface area (Å²) in [4.78, 5) is 36.5. The third-order valence-electron chi connectivity index (χ3n) is 12.5. The van der Waals surface area contributed by atoms with Gasteiger partial charge in [0.1, 0.15) is 0 Å². The van der Waals surface area contributed by atoms with Crippen LogP contribution in [0.15, 0.2) is 0 Å². The van der Waals surface area contributed by atoms with E-state index in [9.17, 15) is 9.59 Å². The molecule has 2 atom stereocenters. The van der Waals surface area contributed by atoms with Gasteiger partial charge in [0, 0.05) is 11.8 Å². The Morgan fingerprint density at radius 2 is 0.576 bits per heavy atom. The third kappa shape index (κ3) is 45.7. The Morgan fingerprint density at radius 3 is 0.763 bits per heavy atom. The summed E-state index contributed by atoms with van der Waals surface area (Å²) >= 11 is 0. The first-order valence-corrected chi connectivity index (χ1v) is 26.4. The topological polar surface area (TPSA) is 81.9 Å². The predicted octanol–water partition coefficient (Wildman–Crippen LogP) is 14.0. The van der Waals surface area contributed by atoms with Gasteiger partial charge in [0.15, 0.2) is 0 Å². The van der Waals surface area contributed by atoms with Gasteiger partial charge >= 0.3 is 41.5 Å². The molecule has 0 aromatic rings. The summed E-state index contributed by atoms with van der Waals surface area (Å²) in [5.74, 6) is -1.16. The third-order valence-corrected chi connectivity index (χ3v) is 12.5. The van der Waals surface area contributed by atoms with Crippen LogP contribution >= 0.6 is 0 Å². The van der Waals surface area contributed by atoms with Crippen molar-refractivity contribution in [3.05, 3.63) is 0 Å². The molecular formula is C52H105N2NaO4. The number of hydroxylamine groups is 2. The van der Waals surface area contributed by atoms with Gasteiger partial charge in [-0.15, -0.1) is 0 Å². The summed E-state index contributed by atoms with van der Waals surface area (Å²) in [6.07, 6.45) is 56.1. The molecule has 0 aliphatic rings. The minimum Gasteiger partial charge on any atom is -1.00 e. The molecule has 59 heavy (non-hydrogen) atoms. The molecule has 0 radical (unpaired) electrons. The first-order chi connectivity index (χ1) is 28.5. The summed E-state index contributed by atoms with van der Waals surface area (Å²) in [6.45, 7) is 8.81. The molecule has 0 aromatic heterocycles. The van der Waals surface area contributed by atoms with Crippen molar-refractivity contribution in [2.45, 2.75) is 297 Å². The molecule has 0 bridgehead atoms. The van der Waals surface area contributed by atoms with E-state index in [1.54, 1.807) is 0 Å². The van der Waals surface area contributed by atoms with Gasteiger partial charge in [-0.1, -0.05) is 285 Å². The molecule has 0 aliphatic carbocycles. The van der Waals surface area contributed by atoms with Crippen LogP contribution in [0.4, 0.5) is 0 Å². The zero-order chi connectivity index (χ0) is 42.4. The Balaban J connectivity index is -0.0000162. The maximum absolute atomic E-state index is 12.8. The van der Waals surface area contributed by atoms with E-state index in [1.807, 2.05) is 13.8 Å². The fourth-order valence-corrected chi connectivity index (χ4v) is 8.24. The molecular weight excluding hydrogens is 740 g/mol. The Hall–Kier alpha value is -0.140. The monoisotopic (exact) mass is 845 g/mol. The van der Waals surface area contributed by atoms with E-state index in [0.717, 1.165) is 43.8 Å². The number of rotatable bonds is 48. The van der Waals surface area contributed by atoms with Crippen molar-refractivity contribution in [3.8, 4) is 0 Å². The fraction of sp³-hybridized carbons (Fsp3) is 0.962. The normalized spacial score (nSPS) is 12.4. The Kier molecular flexibility index (Phi) is 52.2. The quantitative estimate of drug-likeness (QED) is 0.0373. The number of carbonyl (C=O) groups is 2. The number of unbranched alkanes of at least 4 members (excludes halogenated alkanes) is 38. The van der Waals surface area contributed by atoms with Gasteiger partial charge in [-0.25, -0.2) is 9.59 Å². The summed E-state index contributed by atoms with van der Waals surface area (Å²) in [5, 5.41) is 1.02. The standard InChI is InChI=1S/C52H104N2O4.Na.H/c1-5-7-9-11-13-15-17-19-21-23-25-27-29-31-33-35-37-39-41-43-45-49(3)51(55)57-54(48-47-53)58-52(56)50(4)46-44-42-40-38-36-34-32-30-28-26-24-22-20-18-16-14-12-10-8-6-2;;/h49-50H,5-48,53H2,1-4H3;;/q;+1;-1. The van der Waals surface area contributed by atoms with Crippen molar-refractivity contribution in [3.63, 3.8) is 0 Å². The molecule has 0 amide bonds. The minimum absolute atomic E-state index is 0. The summed E-state index contributed by atoms with van der Waals surface area (Å²) in [6, 6.07) is 0. The van der Waals surface area contributed by atoms with Gasteiger partial charge < -0.3 is 16.8 Å². The van der Waals surface area contributed by atoms with Crippen molar-refractivity contribution in [1.82, 2.24) is 5.23 Å². The molecule has 0 aliphatic heterocycles. The molecule has 2 N–H and O–H groups in total. The van der Waals surface area contributed by atoms with Crippen molar-refractivity contribution >= 4 is 11.9 Å². The zero-order valence-corrected chi connectivity index (χ0v) is 42.9. The van der Waals surface area contributed by atoms with Crippen LogP contribution in [-0.2, 0) is 19.3 Å². The fourth-order valence-electron chi connectivity index (χ4n) is 8.24. The van der Waals surface area contributed by atoms with Gasteiger partial charge in [0.05, 0.1) is 18.4 Å². The van der Waals surface area contributed by atoms with Crippen LogP contribution < -0.4 is 35.3 Å². The zero-order valence-electron chi connectivity index (χ0n) is 41.9. The van der Waals surface area contributed by atoms with Crippen LogP contribution in [-0.4, -0.2) is 30.3 Å². The molecule has 348 valence electrons. The second-order valence-corrected chi connectivity index (χ2v) is 18.5.